The molecular weight excluding hydrogens is 456 g/mol. The maximum Gasteiger partial charge on any atom is 0.422 e. The van der Waals surface area contributed by atoms with E-state index in [1.807, 2.05) is 0 Å². The molecule has 1 heterocycles. The topological polar surface area (TPSA) is 71.7 Å². The summed E-state index contributed by atoms with van der Waals surface area (Å²) in [5.41, 5.74) is -2.84. The second-order valence-corrected chi connectivity index (χ2v) is 6.70. The van der Waals surface area contributed by atoms with E-state index in [2.05, 4.69) is 10.1 Å². The fraction of sp³-hybridized carbons (Fsp3) is 0.211. The molecule has 0 saturated heterocycles. The number of benzene rings is 2. The van der Waals surface area contributed by atoms with E-state index in [1.54, 1.807) is 12.1 Å². The first kappa shape index (κ1) is 22.6. The summed E-state index contributed by atoms with van der Waals surface area (Å²) >= 11 is 6.24. The van der Waals surface area contributed by atoms with Gasteiger partial charge in [0.05, 0.1) is 11.1 Å². The lowest BCUT2D eigenvalue weighted by molar-refractivity contribution is -0.158. The van der Waals surface area contributed by atoms with E-state index in [0.717, 1.165) is 6.07 Å². The second-order valence-electron chi connectivity index (χ2n) is 6.27. The van der Waals surface area contributed by atoms with Crippen molar-refractivity contribution in [2.45, 2.75) is 17.9 Å². The van der Waals surface area contributed by atoms with Gasteiger partial charge in [0.25, 0.3) is 0 Å². The number of furan rings is 1. The fourth-order valence-electron chi connectivity index (χ4n) is 2.82. The van der Waals surface area contributed by atoms with Crippen LogP contribution in [0.3, 0.4) is 0 Å². The number of nitrogens with one attached hydrogen (secondary N) is 1. The van der Waals surface area contributed by atoms with E-state index in [9.17, 15) is 36.2 Å². The Morgan fingerprint density at radius 1 is 1.13 bits per heavy atom. The van der Waals surface area contributed by atoms with E-state index in [-0.39, 0.29) is 16.8 Å². The highest BCUT2D eigenvalue weighted by Crippen LogP contribution is 2.40. The quantitative estimate of drug-likeness (QED) is 0.248. The molecule has 2 aromatic carbocycles. The Hall–Kier alpha value is -3.08. The molecule has 0 aliphatic rings. The van der Waals surface area contributed by atoms with Crippen LogP contribution in [0.1, 0.15) is 27.2 Å². The number of carboxylic acids is 1. The molecule has 1 atom stereocenters. The molecule has 0 spiro atoms. The van der Waals surface area contributed by atoms with Crippen molar-refractivity contribution in [1.82, 2.24) is 0 Å². The molecule has 1 unspecified atom stereocenters. The van der Waals surface area contributed by atoms with Crippen molar-refractivity contribution in [2.24, 2.45) is 0 Å². The van der Waals surface area contributed by atoms with Crippen LogP contribution in [0.2, 0.25) is 0 Å². The van der Waals surface area contributed by atoms with Gasteiger partial charge in [0.1, 0.15) is 16.8 Å². The van der Waals surface area contributed by atoms with Gasteiger partial charge >= 0.3 is 18.3 Å². The third-order valence-electron chi connectivity index (χ3n) is 4.05. The van der Waals surface area contributed by atoms with Crippen molar-refractivity contribution in [1.29, 1.82) is 0 Å². The Morgan fingerprint density at radius 3 is 2.42 bits per heavy atom. The molecule has 0 fully saturated rings. The summed E-state index contributed by atoms with van der Waals surface area (Å²) in [6.45, 7) is -1.90. The lowest BCUT2D eigenvalue weighted by atomic mass is 10.1. The zero-order chi connectivity index (χ0) is 23.0. The van der Waals surface area contributed by atoms with Gasteiger partial charge in [-0.1, -0.05) is 29.8 Å². The summed E-state index contributed by atoms with van der Waals surface area (Å²) in [5, 5.41) is 12.2. The molecule has 0 aliphatic carbocycles. The largest absolute Gasteiger partial charge is 0.483 e. The first-order chi connectivity index (χ1) is 14.4. The number of ether oxygens (including phenoxy) is 1. The number of para-hydroxylation sites is 1. The molecule has 0 saturated carbocycles. The smallest absolute Gasteiger partial charge is 0.422 e. The molecule has 5 nitrogen and oxygen atoms in total. The van der Waals surface area contributed by atoms with Crippen molar-refractivity contribution < 1.29 is 45.4 Å². The number of aromatic carboxylic acids is 1. The molecule has 166 valence electrons. The van der Waals surface area contributed by atoms with Gasteiger partial charge < -0.3 is 19.6 Å². The average molecular weight is 468 g/mol. The van der Waals surface area contributed by atoms with Crippen LogP contribution in [0.15, 0.2) is 46.9 Å². The van der Waals surface area contributed by atoms with Gasteiger partial charge in [-0.25, -0.2) is 4.79 Å². The van der Waals surface area contributed by atoms with Crippen molar-refractivity contribution >= 4 is 34.2 Å². The lowest BCUT2D eigenvalue weighted by Crippen LogP contribution is -2.21. The molecule has 3 rings (SSSR count). The number of hydrogen-bond donors (Lipinski definition) is 2. The molecule has 2 N–H and O–H groups in total. The van der Waals surface area contributed by atoms with Crippen LogP contribution in [0.4, 0.5) is 32.0 Å². The van der Waals surface area contributed by atoms with Crippen LogP contribution >= 0.6 is 11.6 Å². The number of halogens is 7. The highest BCUT2D eigenvalue weighted by molar-refractivity contribution is 6.23. The molecule has 0 amide bonds. The summed E-state index contributed by atoms with van der Waals surface area (Å²) in [5.74, 6) is -2.96. The average Bonchev–Trinajstić information content (AvgIpc) is 3.05. The first-order valence-corrected chi connectivity index (χ1v) is 8.86. The van der Waals surface area contributed by atoms with Crippen LogP contribution in [-0.2, 0) is 6.18 Å². The molecular formula is C19H12ClF6NO4. The van der Waals surface area contributed by atoms with E-state index >= 15 is 0 Å². The lowest BCUT2D eigenvalue weighted by Gasteiger charge is -2.18. The highest BCUT2D eigenvalue weighted by atomic mass is 35.5. The van der Waals surface area contributed by atoms with Crippen LogP contribution < -0.4 is 10.1 Å². The summed E-state index contributed by atoms with van der Waals surface area (Å²) in [6, 6.07) is 8.45. The summed E-state index contributed by atoms with van der Waals surface area (Å²) < 4.78 is 86.4. The third kappa shape index (κ3) is 5.16. The first-order valence-electron chi connectivity index (χ1n) is 8.43. The number of carbonyl (C=O) groups is 1. The molecule has 12 heteroatoms. The van der Waals surface area contributed by atoms with E-state index in [1.165, 1.54) is 12.1 Å². The van der Waals surface area contributed by atoms with Crippen LogP contribution in [0.5, 0.6) is 5.75 Å². The zero-order valence-corrected chi connectivity index (χ0v) is 15.9. The third-order valence-corrected chi connectivity index (χ3v) is 4.38. The summed E-state index contributed by atoms with van der Waals surface area (Å²) in [4.78, 5) is 11.5. The van der Waals surface area contributed by atoms with Crippen molar-refractivity contribution in [3.8, 4) is 5.75 Å². The van der Waals surface area contributed by atoms with Gasteiger partial charge in [-0.15, -0.1) is 0 Å². The second kappa shape index (κ2) is 8.22. The zero-order valence-electron chi connectivity index (χ0n) is 15.1. The predicted octanol–water partition coefficient (Wildman–Crippen LogP) is 6.44. The Morgan fingerprint density at radius 2 is 1.81 bits per heavy atom. The number of anilines is 1. The number of rotatable bonds is 6. The van der Waals surface area contributed by atoms with E-state index in [4.69, 9.17) is 16.0 Å². The normalized spacial score (nSPS) is 13.3. The maximum atomic E-state index is 13.3. The molecule has 0 radical (unpaired) electrons. The molecule has 0 bridgehead atoms. The molecule has 0 aliphatic heterocycles. The van der Waals surface area contributed by atoms with Gasteiger partial charge in [0, 0.05) is 11.1 Å². The highest BCUT2D eigenvalue weighted by Gasteiger charge is 2.37. The van der Waals surface area contributed by atoms with Crippen molar-refractivity contribution in [3.05, 3.63) is 59.4 Å². The van der Waals surface area contributed by atoms with E-state index in [0.29, 0.717) is 17.5 Å². The number of hydrogen-bond acceptors (Lipinski definition) is 4. The summed E-state index contributed by atoms with van der Waals surface area (Å²) in [6.07, 6.45) is -9.84. The van der Waals surface area contributed by atoms with Crippen molar-refractivity contribution in [3.63, 3.8) is 0 Å². The number of carboxylic acid groups (broad SMARTS) is 1. The minimum atomic E-state index is -5.02. The van der Waals surface area contributed by atoms with Crippen LogP contribution in [0, 0.1) is 0 Å². The standard InChI is InChI=1S/C19H12ClF6NO4/c20-16(14-10-3-1-2-4-12(10)31-15(14)17(28)29)27-9-5-6-13(30-8-18(21,22)23)11(7-9)19(24,25)26/h1-7,16,27H,8H2,(H,28,29). The van der Waals surface area contributed by atoms with Gasteiger partial charge in [-0.2, -0.15) is 26.3 Å². The molecule has 3 aromatic rings. The number of fused-ring (bicyclic) bond motifs is 1. The minimum absolute atomic E-state index is 0.0178. The van der Waals surface area contributed by atoms with Crippen LogP contribution in [-0.4, -0.2) is 23.9 Å². The Balaban J connectivity index is 1.95. The Bertz CT molecular complexity index is 1110. The molecule has 31 heavy (non-hydrogen) atoms. The maximum absolute atomic E-state index is 13.3. The fourth-order valence-corrected chi connectivity index (χ4v) is 3.16. The van der Waals surface area contributed by atoms with E-state index < -0.39 is 47.5 Å². The van der Waals surface area contributed by atoms with Crippen molar-refractivity contribution in [2.75, 3.05) is 11.9 Å². The SMILES string of the molecule is O=C(O)c1oc2ccccc2c1C(Cl)Nc1ccc(OCC(F)(F)F)c(C(F)(F)F)c1. The van der Waals surface area contributed by atoms with Gasteiger partial charge in [0.15, 0.2) is 6.61 Å². The Labute approximate surface area is 175 Å². The number of alkyl halides is 7. The predicted molar refractivity (Wildman–Crippen MR) is 98.4 cm³/mol. The Kier molecular flexibility index (Phi) is 5.99. The van der Waals surface area contributed by atoms with Gasteiger partial charge in [0.2, 0.25) is 5.76 Å². The van der Waals surface area contributed by atoms with Gasteiger partial charge in [-0.3, -0.25) is 0 Å². The monoisotopic (exact) mass is 467 g/mol. The minimum Gasteiger partial charge on any atom is -0.483 e. The summed E-state index contributed by atoms with van der Waals surface area (Å²) in [7, 11) is 0. The van der Waals surface area contributed by atoms with Gasteiger partial charge in [-0.05, 0) is 24.3 Å². The molecule has 1 aromatic heterocycles. The van der Waals surface area contributed by atoms with Crippen LogP contribution in [0.25, 0.3) is 11.0 Å².